The van der Waals surface area contributed by atoms with Gasteiger partial charge >= 0.3 is 0 Å². The van der Waals surface area contributed by atoms with Gasteiger partial charge in [0.2, 0.25) is 21.8 Å². The maximum Gasteiger partial charge on any atom is 0.246 e. The van der Waals surface area contributed by atoms with Crippen molar-refractivity contribution in [1.29, 1.82) is 0 Å². The maximum atomic E-state index is 13.0. The van der Waals surface area contributed by atoms with Crippen molar-refractivity contribution < 1.29 is 18.0 Å². The van der Waals surface area contributed by atoms with Crippen LogP contribution in [-0.2, 0) is 19.6 Å². The SMILES string of the molecule is CCNC(=O)CN1CCN(C(=O)C2CCN(S(=O)(=O)c3c(Cl)cccc3Cl)CC2)CC1. The minimum absolute atomic E-state index is 0.00511. The molecule has 2 aliphatic rings. The number of nitrogens with one attached hydrogen (secondary N) is 1. The summed E-state index contributed by atoms with van der Waals surface area (Å²) < 4.78 is 27.4. The van der Waals surface area contributed by atoms with Crippen LogP contribution in [0.5, 0.6) is 0 Å². The smallest absolute Gasteiger partial charge is 0.246 e. The molecule has 0 bridgehead atoms. The fraction of sp³-hybridized carbons (Fsp3) is 0.600. The highest BCUT2D eigenvalue weighted by Crippen LogP contribution is 2.33. The number of sulfonamides is 1. The van der Waals surface area contributed by atoms with E-state index in [1.165, 1.54) is 16.4 Å². The van der Waals surface area contributed by atoms with Gasteiger partial charge in [0, 0.05) is 51.7 Å². The lowest BCUT2D eigenvalue weighted by atomic mass is 9.96. The van der Waals surface area contributed by atoms with Crippen LogP contribution in [0.15, 0.2) is 23.1 Å². The zero-order chi connectivity index (χ0) is 22.6. The average Bonchev–Trinajstić information content (AvgIpc) is 2.74. The molecule has 0 radical (unpaired) electrons. The van der Waals surface area contributed by atoms with Gasteiger partial charge in [0.15, 0.2) is 0 Å². The standard InChI is InChI=1S/C20H28Cl2N4O4S/c1-2-23-18(27)14-24-10-12-25(13-11-24)20(28)15-6-8-26(9-7-15)31(29,30)19-16(21)4-3-5-17(19)22/h3-5,15H,2,6-14H2,1H3,(H,23,27). The van der Waals surface area contributed by atoms with E-state index < -0.39 is 10.0 Å². The summed E-state index contributed by atoms with van der Waals surface area (Å²) in [5.41, 5.74) is 0. The molecule has 1 aromatic carbocycles. The van der Waals surface area contributed by atoms with Crippen LogP contribution in [-0.4, -0.2) is 86.7 Å². The molecule has 2 saturated heterocycles. The van der Waals surface area contributed by atoms with Gasteiger partial charge in [-0.3, -0.25) is 14.5 Å². The number of amides is 2. The number of carbonyl (C=O) groups is 2. The molecule has 0 saturated carbocycles. The van der Waals surface area contributed by atoms with Crippen LogP contribution in [0.3, 0.4) is 0 Å². The fourth-order valence-corrected chi connectivity index (χ4v) is 6.60. The third-order valence-electron chi connectivity index (χ3n) is 5.75. The molecule has 2 fully saturated rings. The molecule has 8 nitrogen and oxygen atoms in total. The molecule has 1 aromatic rings. The van der Waals surface area contributed by atoms with E-state index in [9.17, 15) is 18.0 Å². The fourth-order valence-electron chi connectivity index (χ4n) is 4.04. The first-order valence-corrected chi connectivity index (χ1v) is 12.7. The molecular formula is C20H28Cl2N4O4S. The van der Waals surface area contributed by atoms with Crippen molar-refractivity contribution >= 4 is 45.0 Å². The number of likely N-dealkylation sites (N-methyl/N-ethyl adjacent to an activating group) is 1. The molecule has 2 heterocycles. The lowest BCUT2D eigenvalue weighted by molar-refractivity contribution is -0.138. The molecule has 0 aliphatic carbocycles. The minimum atomic E-state index is -3.82. The van der Waals surface area contributed by atoms with E-state index in [-0.39, 0.29) is 45.8 Å². The number of hydrogen-bond donors (Lipinski definition) is 1. The van der Waals surface area contributed by atoms with Gasteiger partial charge in [0.25, 0.3) is 0 Å². The van der Waals surface area contributed by atoms with Gasteiger partial charge in [-0.1, -0.05) is 29.3 Å². The van der Waals surface area contributed by atoms with E-state index >= 15 is 0 Å². The van der Waals surface area contributed by atoms with Gasteiger partial charge in [-0.15, -0.1) is 0 Å². The molecule has 2 aliphatic heterocycles. The second-order valence-corrected chi connectivity index (χ2v) is 10.5. The number of halogens is 2. The second-order valence-electron chi connectivity index (χ2n) is 7.78. The number of piperazine rings is 1. The Morgan fingerprint density at radius 3 is 2.16 bits per heavy atom. The lowest BCUT2D eigenvalue weighted by Crippen LogP contribution is -2.53. The zero-order valence-corrected chi connectivity index (χ0v) is 19.8. The van der Waals surface area contributed by atoms with Crippen LogP contribution in [0, 0.1) is 5.92 Å². The minimum Gasteiger partial charge on any atom is -0.355 e. The Bertz CT molecular complexity index is 892. The van der Waals surface area contributed by atoms with E-state index in [0.29, 0.717) is 52.1 Å². The summed E-state index contributed by atoms with van der Waals surface area (Å²) in [6.07, 6.45) is 0.915. The molecule has 31 heavy (non-hydrogen) atoms. The molecule has 0 unspecified atom stereocenters. The summed E-state index contributed by atoms with van der Waals surface area (Å²) in [6, 6.07) is 4.61. The average molecular weight is 491 g/mol. The van der Waals surface area contributed by atoms with E-state index in [1.807, 2.05) is 16.7 Å². The molecular weight excluding hydrogens is 463 g/mol. The third-order valence-corrected chi connectivity index (χ3v) is 8.60. The van der Waals surface area contributed by atoms with Crippen LogP contribution in [0.4, 0.5) is 0 Å². The van der Waals surface area contributed by atoms with Crippen molar-refractivity contribution in [1.82, 2.24) is 19.4 Å². The first-order chi connectivity index (χ1) is 14.7. The summed E-state index contributed by atoms with van der Waals surface area (Å²) in [5.74, 6) is -0.150. The quantitative estimate of drug-likeness (QED) is 0.654. The Labute approximate surface area is 193 Å². The molecule has 172 valence electrons. The number of hydrogen-bond acceptors (Lipinski definition) is 5. The van der Waals surface area contributed by atoms with E-state index in [4.69, 9.17) is 23.2 Å². The van der Waals surface area contributed by atoms with Gasteiger partial charge in [-0.25, -0.2) is 8.42 Å². The Morgan fingerprint density at radius 2 is 1.61 bits per heavy atom. The van der Waals surface area contributed by atoms with Crippen molar-refractivity contribution in [2.75, 3.05) is 52.4 Å². The van der Waals surface area contributed by atoms with Crippen LogP contribution in [0.2, 0.25) is 10.0 Å². The summed E-state index contributed by atoms with van der Waals surface area (Å²) in [5, 5.41) is 2.97. The van der Waals surface area contributed by atoms with Gasteiger partial charge in [0.1, 0.15) is 4.90 Å². The first kappa shape index (κ1) is 24.3. The van der Waals surface area contributed by atoms with E-state index in [0.717, 1.165) is 0 Å². The Morgan fingerprint density at radius 1 is 1.03 bits per heavy atom. The van der Waals surface area contributed by atoms with Gasteiger partial charge in [-0.05, 0) is 31.9 Å². The predicted octanol–water partition coefficient (Wildman–Crippen LogP) is 1.67. The lowest BCUT2D eigenvalue weighted by Gasteiger charge is -2.38. The van der Waals surface area contributed by atoms with Gasteiger partial charge in [-0.2, -0.15) is 4.31 Å². The number of nitrogens with zero attached hydrogens (tertiary/aromatic N) is 3. The highest BCUT2D eigenvalue weighted by Gasteiger charge is 2.36. The number of rotatable bonds is 6. The highest BCUT2D eigenvalue weighted by atomic mass is 35.5. The first-order valence-electron chi connectivity index (χ1n) is 10.5. The molecule has 0 aromatic heterocycles. The Balaban J connectivity index is 1.53. The second kappa shape index (κ2) is 10.5. The van der Waals surface area contributed by atoms with Crippen LogP contribution in [0.25, 0.3) is 0 Å². The molecule has 3 rings (SSSR count). The highest BCUT2D eigenvalue weighted by molar-refractivity contribution is 7.89. The largest absolute Gasteiger partial charge is 0.355 e. The Hall–Kier alpha value is -1.39. The normalized spacial score (nSPS) is 19.4. The molecule has 1 N–H and O–H groups in total. The van der Waals surface area contributed by atoms with Crippen molar-refractivity contribution in [3.05, 3.63) is 28.2 Å². The summed E-state index contributed by atoms with van der Waals surface area (Å²) in [6.45, 7) is 5.79. The van der Waals surface area contributed by atoms with E-state index in [1.54, 1.807) is 6.07 Å². The molecule has 0 atom stereocenters. The monoisotopic (exact) mass is 490 g/mol. The number of benzene rings is 1. The number of piperidine rings is 1. The van der Waals surface area contributed by atoms with Crippen molar-refractivity contribution in [2.45, 2.75) is 24.7 Å². The van der Waals surface area contributed by atoms with Crippen molar-refractivity contribution in [3.63, 3.8) is 0 Å². The van der Waals surface area contributed by atoms with Gasteiger partial charge < -0.3 is 10.2 Å². The summed E-state index contributed by atoms with van der Waals surface area (Å²) in [4.78, 5) is 28.5. The van der Waals surface area contributed by atoms with Crippen LogP contribution < -0.4 is 5.32 Å². The van der Waals surface area contributed by atoms with Crippen LogP contribution in [0.1, 0.15) is 19.8 Å². The summed E-state index contributed by atoms with van der Waals surface area (Å²) in [7, 11) is -3.82. The summed E-state index contributed by atoms with van der Waals surface area (Å²) >= 11 is 12.2. The predicted molar refractivity (Wildman–Crippen MR) is 120 cm³/mol. The third kappa shape index (κ3) is 5.70. The van der Waals surface area contributed by atoms with Crippen molar-refractivity contribution in [3.8, 4) is 0 Å². The molecule has 0 spiro atoms. The Kier molecular flexibility index (Phi) is 8.20. The van der Waals surface area contributed by atoms with Crippen molar-refractivity contribution in [2.24, 2.45) is 5.92 Å². The van der Waals surface area contributed by atoms with Crippen LogP contribution >= 0.6 is 23.2 Å². The maximum absolute atomic E-state index is 13.0. The van der Waals surface area contributed by atoms with Gasteiger partial charge in [0.05, 0.1) is 16.6 Å². The number of carbonyl (C=O) groups excluding carboxylic acids is 2. The zero-order valence-electron chi connectivity index (χ0n) is 17.5. The van der Waals surface area contributed by atoms with E-state index in [2.05, 4.69) is 5.32 Å². The molecule has 2 amide bonds. The topological polar surface area (TPSA) is 90.0 Å². The molecule has 11 heteroatoms.